The van der Waals surface area contributed by atoms with Gasteiger partial charge in [-0.3, -0.25) is 4.79 Å². The van der Waals surface area contributed by atoms with E-state index in [0.717, 1.165) is 26.4 Å². The third-order valence-corrected chi connectivity index (χ3v) is 4.71. The Morgan fingerprint density at radius 1 is 1.10 bits per heavy atom. The molecule has 1 aromatic heterocycles. The van der Waals surface area contributed by atoms with Crippen LogP contribution in [0.3, 0.4) is 0 Å². The molecule has 2 aromatic carbocycles. The summed E-state index contributed by atoms with van der Waals surface area (Å²) in [5.74, 6) is -0.121. The number of halogens is 1. The Morgan fingerprint density at radius 3 is 2.85 bits per heavy atom. The van der Waals surface area contributed by atoms with Gasteiger partial charge in [-0.1, -0.05) is 41.6 Å². The maximum absolute atomic E-state index is 12.3. The van der Waals surface area contributed by atoms with Crippen LogP contribution in [0, 0.1) is 0 Å². The fourth-order valence-corrected chi connectivity index (χ4v) is 3.77. The number of carbonyl (C=O) groups excluding carboxylic acids is 1. The Labute approximate surface area is 124 Å². The second-order valence-corrected chi connectivity index (χ2v) is 6.06. The van der Waals surface area contributed by atoms with E-state index in [1.54, 1.807) is 17.8 Å². The van der Waals surface area contributed by atoms with Gasteiger partial charge >= 0.3 is 0 Å². The van der Waals surface area contributed by atoms with E-state index in [1.165, 1.54) is 0 Å². The van der Waals surface area contributed by atoms with Crippen molar-refractivity contribution in [2.24, 2.45) is 0 Å². The van der Waals surface area contributed by atoms with Crippen molar-refractivity contribution in [2.75, 3.05) is 5.32 Å². The second kappa shape index (κ2) is 4.30. The lowest BCUT2D eigenvalue weighted by Gasteiger charge is -2.06. The molecule has 3 aromatic rings. The highest BCUT2D eigenvalue weighted by Crippen LogP contribution is 2.43. The van der Waals surface area contributed by atoms with Gasteiger partial charge in [-0.05, 0) is 24.3 Å². The standard InChI is InChI=1S/C15H9ClN2OS/c16-8-5-6-11-12(7-8)20-14-9-3-1-2-4-10(9)17-13(14)15(19)18-11/h1-7,17H,(H,18,19). The molecule has 1 amide bonds. The minimum Gasteiger partial charge on any atom is -0.350 e. The van der Waals surface area contributed by atoms with Gasteiger partial charge in [0.05, 0.1) is 10.6 Å². The third kappa shape index (κ3) is 1.72. The number of nitrogens with one attached hydrogen (secondary N) is 2. The van der Waals surface area contributed by atoms with Crippen molar-refractivity contribution in [3.8, 4) is 0 Å². The van der Waals surface area contributed by atoms with Gasteiger partial charge in [-0.2, -0.15) is 0 Å². The lowest BCUT2D eigenvalue weighted by Crippen LogP contribution is -2.11. The number of aromatic nitrogens is 1. The molecule has 0 aliphatic carbocycles. The zero-order valence-electron chi connectivity index (χ0n) is 10.2. The van der Waals surface area contributed by atoms with Crippen LogP contribution >= 0.6 is 23.4 Å². The van der Waals surface area contributed by atoms with Crippen molar-refractivity contribution in [1.82, 2.24) is 4.98 Å². The molecule has 0 fully saturated rings. The molecular weight excluding hydrogens is 292 g/mol. The normalized spacial score (nSPS) is 13.6. The number of carbonyl (C=O) groups is 1. The van der Waals surface area contributed by atoms with Gasteiger partial charge in [-0.15, -0.1) is 0 Å². The summed E-state index contributed by atoms with van der Waals surface area (Å²) in [4.78, 5) is 17.4. The molecule has 5 heteroatoms. The summed E-state index contributed by atoms with van der Waals surface area (Å²) in [6.45, 7) is 0. The van der Waals surface area contributed by atoms with E-state index >= 15 is 0 Å². The molecule has 98 valence electrons. The van der Waals surface area contributed by atoms with Gasteiger partial charge in [0, 0.05) is 20.8 Å². The number of hydrogen-bond acceptors (Lipinski definition) is 2. The lowest BCUT2D eigenvalue weighted by molar-refractivity contribution is 0.102. The maximum atomic E-state index is 12.3. The number of amides is 1. The van der Waals surface area contributed by atoms with Crippen LogP contribution < -0.4 is 5.32 Å². The second-order valence-electron chi connectivity index (χ2n) is 4.57. The minimum atomic E-state index is -0.121. The molecule has 2 heterocycles. The molecule has 4 rings (SSSR count). The number of fused-ring (bicyclic) bond motifs is 4. The van der Waals surface area contributed by atoms with Crippen molar-refractivity contribution in [3.05, 3.63) is 53.2 Å². The third-order valence-electron chi connectivity index (χ3n) is 3.29. The predicted octanol–water partition coefficient (Wildman–Crippen LogP) is 4.54. The van der Waals surface area contributed by atoms with Gasteiger partial charge in [0.25, 0.3) is 5.91 Å². The maximum Gasteiger partial charge on any atom is 0.273 e. The topological polar surface area (TPSA) is 44.9 Å². The molecule has 0 bridgehead atoms. The summed E-state index contributed by atoms with van der Waals surface area (Å²) in [7, 11) is 0. The average Bonchev–Trinajstić information content (AvgIpc) is 2.74. The van der Waals surface area contributed by atoms with Crippen LogP contribution in [0.2, 0.25) is 5.02 Å². The lowest BCUT2D eigenvalue weighted by atomic mass is 10.2. The summed E-state index contributed by atoms with van der Waals surface area (Å²) < 4.78 is 0. The largest absolute Gasteiger partial charge is 0.350 e. The first kappa shape index (κ1) is 11.9. The fraction of sp³-hybridized carbons (Fsp3) is 0. The average molecular weight is 301 g/mol. The molecule has 20 heavy (non-hydrogen) atoms. The van der Waals surface area contributed by atoms with Crippen LogP contribution in [0.4, 0.5) is 5.69 Å². The van der Waals surface area contributed by atoms with Crippen LogP contribution in [0.5, 0.6) is 0 Å². The molecule has 3 nitrogen and oxygen atoms in total. The zero-order valence-corrected chi connectivity index (χ0v) is 11.8. The van der Waals surface area contributed by atoms with Crippen molar-refractivity contribution in [2.45, 2.75) is 9.79 Å². The van der Waals surface area contributed by atoms with Gasteiger partial charge in [0.1, 0.15) is 5.69 Å². The van der Waals surface area contributed by atoms with Crippen molar-refractivity contribution in [3.63, 3.8) is 0 Å². The predicted molar refractivity (Wildman–Crippen MR) is 81.8 cm³/mol. The molecule has 0 unspecified atom stereocenters. The van der Waals surface area contributed by atoms with Crippen LogP contribution in [0.1, 0.15) is 10.5 Å². The molecule has 0 radical (unpaired) electrons. The Bertz CT molecular complexity index is 856. The first-order chi connectivity index (χ1) is 9.72. The number of H-pyrrole nitrogens is 1. The minimum absolute atomic E-state index is 0.121. The van der Waals surface area contributed by atoms with E-state index in [-0.39, 0.29) is 5.91 Å². The van der Waals surface area contributed by atoms with Gasteiger partial charge in [0.2, 0.25) is 0 Å². The first-order valence-electron chi connectivity index (χ1n) is 6.12. The van der Waals surface area contributed by atoms with Crippen LogP contribution in [-0.2, 0) is 0 Å². The molecule has 2 N–H and O–H groups in total. The molecular formula is C15H9ClN2OS. The van der Waals surface area contributed by atoms with Crippen LogP contribution in [-0.4, -0.2) is 10.9 Å². The Morgan fingerprint density at radius 2 is 1.95 bits per heavy atom. The smallest absolute Gasteiger partial charge is 0.273 e. The summed E-state index contributed by atoms with van der Waals surface area (Å²) in [5, 5.41) is 4.63. The van der Waals surface area contributed by atoms with E-state index in [4.69, 9.17) is 11.6 Å². The van der Waals surface area contributed by atoms with Gasteiger partial charge in [-0.25, -0.2) is 0 Å². The monoisotopic (exact) mass is 300 g/mol. The van der Waals surface area contributed by atoms with Crippen molar-refractivity contribution in [1.29, 1.82) is 0 Å². The van der Waals surface area contributed by atoms with Crippen molar-refractivity contribution < 1.29 is 4.79 Å². The van der Waals surface area contributed by atoms with E-state index in [2.05, 4.69) is 10.3 Å². The highest BCUT2D eigenvalue weighted by molar-refractivity contribution is 7.99. The highest BCUT2D eigenvalue weighted by atomic mass is 35.5. The Hall–Kier alpha value is -1.91. The van der Waals surface area contributed by atoms with Crippen LogP contribution in [0.25, 0.3) is 10.9 Å². The number of hydrogen-bond donors (Lipinski definition) is 2. The van der Waals surface area contributed by atoms with E-state index in [1.807, 2.05) is 36.4 Å². The zero-order chi connectivity index (χ0) is 13.7. The quantitative estimate of drug-likeness (QED) is 0.640. The summed E-state index contributed by atoms with van der Waals surface area (Å²) in [6, 6.07) is 13.4. The summed E-state index contributed by atoms with van der Waals surface area (Å²) >= 11 is 7.61. The van der Waals surface area contributed by atoms with E-state index in [9.17, 15) is 4.79 Å². The SMILES string of the molecule is O=C1Nc2ccc(Cl)cc2Sc2c1[nH]c1ccccc21. The summed E-state index contributed by atoms with van der Waals surface area (Å²) in [6.07, 6.45) is 0. The molecule has 0 saturated carbocycles. The number of benzene rings is 2. The van der Waals surface area contributed by atoms with Gasteiger partial charge < -0.3 is 10.3 Å². The summed E-state index contributed by atoms with van der Waals surface area (Å²) in [5.41, 5.74) is 2.35. The van der Waals surface area contributed by atoms with E-state index in [0.29, 0.717) is 10.7 Å². The van der Waals surface area contributed by atoms with Gasteiger partial charge in [0.15, 0.2) is 0 Å². The van der Waals surface area contributed by atoms with E-state index < -0.39 is 0 Å². The molecule has 1 aliphatic rings. The Balaban J connectivity index is 2.00. The Kier molecular flexibility index (Phi) is 2.55. The fourth-order valence-electron chi connectivity index (χ4n) is 2.36. The molecule has 0 spiro atoms. The number of para-hydroxylation sites is 1. The number of aromatic amines is 1. The molecule has 0 atom stereocenters. The first-order valence-corrected chi connectivity index (χ1v) is 7.31. The molecule has 1 aliphatic heterocycles. The van der Waals surface area contributed by atoms with Crippen molar-refractivity contribution >= 4 is 45.9 Å². The number of rotatable bonds is 0. The van der Waals surface area contributed by atoms with Crippen LogP contribution in [0.15, 0.2) is 52.3 Å². The number of anilines is 1. The molecule has 0 saturated heterocycles. The highest BCUT2D eigenvalue weighted by Gasteiger charge is 2.24.